The molecule has 1 heterocycles. The molecule has 1 fully saturated rings. The molecule has 6 heteroatoms. The predicted octanol–water partition coefficient (Wildman–Crippen LogP) is 1.75. The molecule has 5 nitrogen and oxygen atoms in total. The zero-order valence-corrected chi connectivity index (χ0v) is 12.2. The number of nitrogens with zero attached hydrogens (tertiary/aromatic N) is 3. The minimum Gasteiger partial charge on any atom is -0.288 e. The van der Waals surface area contributed by atoms with Gasteiger partial charge in [0.15, 0.2) is 5.17 Å². The summed E-state index contributed by atoms with van der Waals surface area (Å²) in [7, 11) is 0. The summed E-state index contributed by atoms with van der Waals surface area (Å²) in [6.45, 7) is 4.17. The molecule has 0 spiro atoms. The number of aliphatic imine (C=N–C) groups is 2. The topological polar surface area (TPSA) is 80.0 Å². The Kier molecular flexibility index (Phi) is 3.99. The molecule has 1 unspecified atom stereocenters. The molecular weight excluding hydrogens is 246 g/mol. The van der Waals surface area contributed by atoms with Gasteiger partial charge in [-0.25, -0.2) is 20.8 Å². The van der Waals surface area contributed by atoms with Crippen molar-refractivity contribution in [3.8, 4) is 0 Å². The molecule has 1 atom stereocenters. The molecule has 102 valence electrons. The predicted molar refractivity (Wildman–Crippen MR) is 78.1 cm³/mol. The summed E-state index contributed by atoms with van der Waals surface area (Å²) in [5, 5.41) is 2.34. The number of hydrazine groups is 1. The first kappa shape index (κ1) is 13.8. The third-order valence-electron chi connectivity index (χ3n) is 3.75. The molecule has 0 amide bonds. The Morgan fingerprint density at radius 3 is 2.50 bits per heavy atom. The highest BCUT2D eigenvalue weighted by atomic mass is 32.2. The third kappa shape index (κ3) is 2.29. The van der Waals surface area contributed by atoms with Gasteiger partial charge in [0.1, 0.15) is 5.84 Å². The van der Waals surface area contributed by atoms with Crippen molar-refractivity contribution in [1.29, 1.82) is 0 Å². The summed E-state index contributed by atoms with van der Waals surface area (Å²) in [6.07, 6.45) is 6.60. The second kappa shape index (κ2) is 5.19. The molecule has 2 aliphatic rings. The number of hydrogen-bond donors (Lipinski definition) is 2. The number of thioether (sulfide) groups is 1. The molecule has 4 N–H and O–H groups in total. The van der Waals surface area contributed by atoms with Gasteiger partial charge in [0, 0.05) is 11.8 Å². The van der Waals surface area contributed by atoms with Gasteiger partial charge in [-0.3, -0.25) is 5.73 Å². The van der Waals surface area contributed by atoms with Crippen LogP contribution < -0.4 is 11.6 Å². The van der Waals surface area contributed by atoms with Crippen LogP contribution in [0.5, 0.6) is 0 Å². The first-order valence-electron chi connectivity index (χ1n) is 6.55. The maximum atomic E-state index is 6.52. The summed E-state index contributed by atoms with van der Waals surface area (Å²) in [4.78, 5) is 9.17. The fourth-order valence-electron chi connectivity index (χ4n) is 2.61. The maximum absolute atomic E-state index is 6.52. The standard InChI is InChI=1S/C12H23N5S/c1-8(2)10-15-11(18-3)17(14)12(13,16-10)9-6-4-5-7-9/h8-9H,4-7,13-14H2,1-3H3. The second-order valence-corrected chi connectivity index (χ2v) is 6.13. The average Bonchev–Trinajstić information content (AvgIpc) is 2.86. The SMILES string of the molecule is CSC1=NC(C(C)C)=NC(N)(C2CCCC2)N1N. The van der Waals surface area contributed by atoms with Crippen LogP contribution in [-0.2, 0) is 0 Å². The van der Waals surface area contributed by atoms with Crippen molar-refractivity contribution in [3.05, 3.63) is 0 Å². The van der Waals surface area contributed by atoms with Crippen LogP contribution in [0.2, 0.25) is 0 Å². The lowest BCUT2D eigenvalue weighted by molar-refractivity contribution is 0.111. The van der Waals surface area contributed by atoms with Gasteiger partial charge in [-0.15, -0.1) is 0 Å². The minimum atomic E-state index is -0.809. The molecule has 0 aromatic rings. The summed E-state index contributed by atoms with van der Waals surface area (Å²) < 4.78 is 0. The summed E-state index contributed by atoms with van der Waals surface area (Å²) in [6, 6.07) is 0. The molecule has 0 aromatic heterocycles. The number of nitrogens with two attached hydrogens (primary N) is 2. The zero-order chi connectivity index (χ0) is 13.3. The molecule has 0 saturated heterocycles. The highest BCUT2D eigenvalue weighted by Gasteiger charge is 2.44. The van der Waals surface area contributed by atoms with Crippen molar-refractivity contribution >= 4 is 22.8 Å². The third-order valence-corrected chi connectivity index (χ3v) is 4.40. The van der Waals surface area contributed by atoms with E-state index in [1.807, 2.05) is 6.26 Å². The molecule has 2 rings (SSSR count). The van der Waals surface area contributed by atoms with E-state index < -0.39 is 5.79 Å². The van der Waals surface area contributed by atoms with E-state index in [0.29, 0.717) is 5.92 Å². The number of hydrogen-bond acceptors (Lipinski definition) is 6. The van der Waals surface area contributed by atoms with Crippen LogP contribution in [-0.4, -0.2) is 28.1 Å². The Bertz CT molecular complexity index is 373. The monoisotopic (exact) mass is 269 g/mol. The summed E-state index contributed by atoms with van der Waals surface area (Å²) in [5.74, 6) is 6.76. The highest BCUT2D eigenvalue weighted by Crippen LogP contribution is 2.37. The van der Waals surface area contributed by atoms with Crippen molar-refractivity contribution in [2.24, 2.45) is 33.4 Å². The van der Waals surface area contributed by atoms with Crippen LogP contribution in [0.4, 0.5) is 0 Å². The van der Waals surface area contributed by atoms with E-state index in [0.717, 1.165) is 23.8 Å². The van der Waals surface area contributed by atoms with Gasteiger partial charge in [0.2, 0.25) is 5.79 Å². The number of rotatable bonds is 2. The van der Waals surface area contributed by atoms with Crippen LogP contribution >= 0.6 is 11.8 Å². The van der Waals surface area contributed by atoms with Crippen molar-refractivity contribution < 1.29 is 0 Å². The lowest BCUT2D eigenvalue weighted by Gasteiger charge is -2.42. The molecule has 1 aliphatic carbocycles. The Labute approximate surface area is 113 Å². The molecule has 1 saturated carbocycles. The first-order valence-corrected chi connectivity index (χ1v) is 7.77. The van der Waals surface area contributed by atoms with E-state index in [1.165, 1.54) is 24.6 Å². The highest BCUT2D eigenvalue weighted by molar-refractivity contribution is 8.13. The lowest BCUT2D eigenvalue weighted by Crippen LogP contribution is -2.65. The molecule has 18 heavy (non-hydrogen) atoms. The average molecular weight is 269 g/mol. The number of amidine groups is 2. The molecule has 0 aromatic carbocycles. The Morgan fingerprint density at radius 1 is 1.39 bits per heavy atom. The van der Waals surface area contributed by atoms with Crippen LogP contribution in [0.15, 0.2) is 9.98 Å². The van der Waals surface area contributed by atoms with Crippen LogP contribution in [0.25, 0.3) is 0 Å². The van der Waals surface area contributed by atoms with Gasteiger partial charge in [0.05, 0.1) is 0 Å². The van der Waals surface area contributed by atoms with E-state index in [9.17, 15) is 0 Å². The minimum absolute atomic E-state index is 0.269. The van der Waals surface area contributed by atoms with Crippen molar-refractivity contribution in [1.82, 2.24) is 5.01 Å². The smallest absolute Gasteiger partial charge is 0.204 e. The second-order valence-electron chi connectivity index (χ2n) is 5.36. The first-order chi connectivity index (χ1) is 8.49. The van der Waals surface area contributed by atoms with E-state index in [1.54, 1.807) is 5.01 Å². The molecule has 1 aliphatic heterocycles. The van der Waals surface area contributed by atoms with Crippen LogP contribution in [0.3, 0.4) is 0 Å². The lowest BCUT2D eigenvalue weighted by atomic mass is 9.98. The molecule has 0 radical (unpaired) electrons. The van der Waals surface area contributed by atoms with E-state index in [4.69, 9.17) is 11.6 Å². The van der Waals surface area contributed by atoms with Gasteiger partial charge in [-0.05, 0) is 19.1 Å². The Hall–Kier alpha value is -0.590. The quantitative estimate of drug-likeness (QED) is 0.748. The largest absolute Gasteiger partial charge is 0.288 e. The van der Waals surface area contributed by atoms with Crippen LogP contribution in [0.1, 0.15) is 39.5 Å². The van der Waals surface area contributed by atoms with E-state index in [-0.39, 0.29) is 5.92 Å². The summed E-state index contributed by atoms with van der Waals surface area (Å²) >= 11 is 1.53. The van der Waals surface area contributed by atoms with E-state index in [2.05, 4.69) is 23.8 Å². The van der Waals surface area contributed by atoms with Crippen molar-refractivity contribution in [3.63, 3.8) is 0 Å². The maximum Gasteiger partial charge on any atom is 0.204 e. The van der Waals surface area contributed by atoms with Crippen molar-refractivity contribution in [2.75, 3.05) is 6.26 Å². The van der Waals surface area contributed by atoms with Gasteiger partial charge >= 0.3 is 0 Å². The fourth-order valence-corrected chi connectivity index (χ4v) is 3.14. The molecule has 0 bridgehead atoms. The Morgan fingerprint density at radius 2 is 2.00 bits per heavy atom. The van der Waals surface area contributed by atoms with Gasteiger partial charge in [-0.2, -0.15) is 0 Å². The normalized spacial score (nSPS) is 29.8. The van der Waals surface area contributed by atoms with Gasteiger partial charge in [0.25, 0.3) is 0 Å². The fraction of sp³-hybridized carbons (Fsp3) is 0.833. The van der Waals surface area contributed by atoms with E-state index >= 15 is 0 Å². The van der Waals surface area contributed by atoms with Gasteiger partial charge in [-0.1, -0.05) is 38.5 Å². The molecular formula is C12H23N5S. The zero-order valence-electron chi connectivity index (χ0n) is 11.4. The van der Waals surface area contributed by atoms with Crippen LogP contribution in [0, 0.1) is 11.8 Å². The summed E-state index contributed by atoms with van der Waals surface area (Å²) in [5.41, 5.74) is 6.52. The van der Waals surface area contributed by atoms with Gasteiger partial charge < -0.3 is 0 Å². The Balaban J connectivity index is 2.36. The van der Waals surface area contributed by atoms with Crippen molar-refractivity contribution in [2.45, 2.75) is 45.3 Å².